The first kappa shape index (κ1) is 20.5. The minimum atomic E-state index is -0.439. The van der Waals surface area contributed by atoms with Gasteiger partial charge in [-0.3, -0.25) is 10.1 Å². The van der Waals surface area contributed by atoms with Crippen LogP contribution in [-0.4, -0.2) is 11.1 Å². The predicted octanol–water partition coefficient (Wildman–Crippen LogP) is 5.80. The van der Waals surface area contributed by atoms with Crippen molar-refractivity contribution in [3.63, 3.8) is 0 Å². The van der Waals surface area contributed by atoms with E-state index in [1.807, 2.05) is 49.4 Å². The van der Waals surface area contributed by atoms with Crippen molar-refractivity contribution in [2.24, 2.45) is 5.16 Å². The fourth-order valence-corrected chi connectivity index (χ4v) is 2.94. The average molecular weight is 455 g/mol. The number of nitro groups is 1. The monoisotopic (exact) mass is 454 g/mol. The molecule has 3 aromatic carbocycles. The number of aryl methyl sites for hydroxylation is 1. The number of hydrogen-bond donors (Lipinski definition) is 0. The van der Waals surface area contributed by atoms with Crippen LogP contribution in [0.3, 0.4) is 0 Å². The SMILES string of the molecule is Cc1ccc(COc2ccc(Br)cc2/C=N\OCc2cccc([N+](=O)[O-])c2)cc1. The first-order valence-corrected chi connectivity index (χ1v) is 9.67. The molecule has 0 amide bonds. The quantitative estimate of drug-likeness (QED) is 0.245. The third-order valence-corrected chi connectivity index (χ3v) is 4.60. The molecule has 0 radical (unpaired) electrons. The molecule has 7 heteroatoms. The van der Waals surface area contributed by atoms with Crippen LogP contribution in [0, 0.1) is 17.0 Å². The highest BCUT2D eigenvalue weighted by Crippen LogP contribution is 2.23. The van der Waals surface area contributed by atoms with Gasteiger partial charge in [0.2, 0.25) is 0 Å². The van der Waals surface area contributed by atoms with Crippen molar-refractivity contribution in [3.05, 3.63) is 104 Å². The highest BCUT2D eigenvalue weighted by atomic mass is 79.9. The molecule has 0 aromatic heterocycles. The Kier molecular flexibility index (Phi) is 6.97. The van der Waals surface area contributed by atoms with Gasteiger partial charge >= 0.3 is 0 Å². The number of halogens is 1. The second kappa shape index (κ2) is 9.84. The van der Waals surface area contributed by atoms with Crippen molar-refractivity contribution in [1.29, 1.82) is 0 Å². The Morgan fingerprint density at radius 2 is 1.83 bits per heavy atom. The van der Waals surface area contributed by atoms with E-state index in [0.29, 0.717) is 17.9 Å². The van der Waals surface area contributed by atoms with Gasteiger partial charge in [0.05, 0.1) is 11.1 Å². The van der Waals surface area contributed by atoms with Crippen molar-refractivity contribution in [2.75, 3.05) is 0 Å². The molecule has 0 aliphatic carbocycles. The summed E-state index contributed by atoms with van der Waals surface area (Å²) >= 11 is 3.45. The molecule has 0 saturated carbocycles. The summed E-state index contributed by atoms with van der Waals surface area (Å²) in [5.74, 6) is 0.677. The average Bonchev–Trinajstić information content (AvgIpc) is 2.72. The van der Waals surface area contributed by atoms with E-state index in [2.05, 4.69) is 21.1 Å². The fourth-order valence-electron chi connectivity index (χ4n) is 2.56. The van der Waals surface area contributed by atoms with Gasteiger partial charge in [0.25, 0.3) is 5.69 Å². The van der Waals surface area contributed by atoms with Gasteiger partial charge in [-0.05, 0) is 36.2 Å². The molecule has 29 heavy (non-hydrogen) atoms. The molecule has 0 unspecified atom stereocenters. The van der Waals surface area contributed by atoms with Gasteiger partial charge < -0.3 is 9.57 Å². The molecule has 0 heterocycles. The molecular formula is C22H19BrN2O4. The van der Waals surface area contributed by atoms with Crippen LogP contribution in [0.25, 0.3) is 0 Å². The molecule has 0 aliphatic rings. The lowest BCUT2D eigenvalue weighted by Gasteiger charge is -2.10. The first-order chi connectivity index (χ1) is 14.0. The van der Waals surface area contributed by atoms with Crippen LogP contribution in [-0.2, 0) is 18.1 Å². The summed E-state index contributed by atoms with van der Waals surface area (Å²) in [7, 11) is 0. The lowest BCUT2D eigenvalue weighted by Crippen LogP contribution is -1.99. The Morgan fingerprint density at radius 1 is 1.03 bits per heavy atom. The molecule has 3 aromatic rings. The minimum Gasteiger partial charge on any atom is -0.488 e. The maximum atomic E-state index is 10.8. The summed E-state index contributed by atoms with van der Waals surface area (Å²) in [5.41, 5.74) is 3.72. The van der Waals surface area contributed by atoms with Gasteiger partial charge in [0, 0.05) is 22.2 Å². The molecule has 0 saturated heterocycles. The molecule has 148 valence electrons. The van der Waals surface area contributed by atoms with Crippen molar-refractivity contribution in [2.45, 2.75) is 20.1 Å². The molecule has 0 bridgehead atoms. The van der Waals surface area contributed by atoms with Gasteiger partial charge in [-0.25, -0.2) is 0 Å². The lowest BCUT2D eigenvalue weighted by molar-refractivity contribution is -0.384. The van der Waals surface area contributed by atoms with Crippen LogP contribution < -0.4 is 4.74 Å². The smallest absolute Gasteiger partial charge is 0.269 e. The van der Waals surface area contributed by atoms with Crippen molar-refractivity contribution in [3.8, 4) is 5.75 Å². The highest BCUT2D eigenvalue weighted by molar-refractivity contribution is 9.10. The molecule has 0 fully saturated rings. The molecule has 3 rings (SSSR count). The van der Waals surface area contributed by atoms with E-state index in [0.717, 1.165) is 15.6 Å². The molecular weight excluding hydrogens is 436 g/mol. The minimum absolute atomic E-state index is 0.0221. The Morgan fingerprint density at radius 3 is 2.59 bits per heavy atom. The van der Waals surface area contributed by atoms with E-state index in [-0.39, 0.29) is 12.3 Å². The molecule has 6 nitrogen and oxygen atoms in total. The van der Waals surface area contributed by atoms with Crippen LogP contribution in [0.2, 0.25) is 0 Å². The second-order valence-electron chi connectivity index (χ2n) is 6.39. The van der Waals surface area contributed by atoms with E-state index < -0.39 is 4.92 Å². The number of ether oxygens (including phenoxy) is 1. The summed E-state index contributed by atoms with van der Waals surface area (Å²) in [6.07, 6.45) is 1.56. The summed E-state index contributed by atoms with van der Waals surface area (Å²) in [6, 6.07) is 20.1. The van der Waals surface area contributed by atoms with Crippen LogP contribution >= 0.6 is 15.9 Å². The fraction of sp³-hybridized carbons (Fsp3) is 0.136. The van der Waals surface area contributed by atoms with E-state index in [1.54, 1.807) is 18.3 Å². The van der Waals surface area contributed by atoms with E-state index >= 15 is 0 Å². The van der Waals surface area contributed by atoms with Crippen molar-refractivity contribution in [1.82, 2.24) is 0 Å². The Hall–Kier alpha value is -3.19. The number of hydrogen-bond acceptors (Lipinski definition) is 5. The maximum Gasteiger partial charge on any atom is 0.269 e. The standard InChI is InChI=1S/C22H19BrN2O4/c1-16-5-7-17(8-6-16)14-28-22-10-9-20(23)12-19(22)13-24-29-15-18-3-2-4-21(11-18)25(26)27/h2-13H,14-15H2,1H3/b24-13-. The molecule has 0 N–H and O–H groups in total. The highest BCUT2D eigenvalue weighted by Gasteiger charge is 2.06. The third kappa shape index (κ3) is 6.15. The van der Waals surface area contributed by atoms with E-state index in [1.165, 1.54) is 17.7 Å². The number of rotatable bonds is 8. The van der Waals surface area contributed by atoms with Gasteiger partial charge in [-0.2, -0.15) is 0 Å². The van der Waals surface area contributed by atoms with Gasteiger partial charge in [0.1, 0.15) is 19.0 Å². The van der Waals surface area contributed by atoms with Gasteiger partial charge in [-0.1, -0.05) is 63.0 Å². The third-order valence-electron chi connectivity index (χ3n) is 4.11. The first-order valence-electron chi connectivity index (χ1n) is 8.88. The van der Waals surface area contributed by atoms with Crippen LogP contribution in [0.4, 0.5) is 5.69 Å². The molecule has 0 spiro atoms. The summed E-state index contributed by atoms with van der Waals surface area (Å²) in [6.45, 7) is 2.62. The largest absolute Gasteiger partial charge is 0.488 e. The summed E-state index contributed by atoms with van der Waals surface area (Å²) in [5, 5.41) is 14.8. The van der Waals surface area contributed by atoms with Gasteiger partial charge in [0.15, 0.2) is 0 Å². The number of non-ortho nitro benzene ring substituents is 1. The molecule has 0 atom stereocenters. The Bertz CT molecular complexity index is 1020. The summed E-state index contributed by atoms with van der Waals surface area (Å²) < 4.78 is 6.82. The predicted molar refractivity (Wildman–Crippen MR) is 115 cm³/mol. The number of nitrogens with zero attached hydrogens (tertiary/aromatic N) is 2. The number of oxime groups is 1. The summed E-state index contributed by atoms with van der Waals surface area (Å²) in [4.78, 5) is 15.7. The van der Waals surface area contributed by atoms with Crippen molar-refractivity contribution < 1.29 is 14.5 Å². The zero-order valence-electron chi connectivity index (χ0n) is 15.7. The lowest BCUT2D eigenvalue weighted by atomic mass is 10.1. The Balaban J connectivity index is 1.63. The van der Waals surface area contributed by atoms with Crippen LogP contribution in [0.15, 0.2) is 76.4 Å². The maximum absolute atomic E-state index is 10.8. The van der Waals surface area contributed by atoms with Crippen LogP contribution in [0.1, 0.15) is 22.3 Å². The topological polar surface area (TPSA) is 74.0 Å². The van der Waals surface area contributed by atoms with Gasteiger partial charge in [-0.15, -0.1) is 0 Å². The van der Waals surface area contributed by atoms with Crippen molar-refractivity contribution >= 4 is 27.8 Å². The normalized spacial score (nSPS) is 10.8. The Labute approximate surface area is 177 Å². The van der Waals surface area contributed by atoms with E-state index in [4.69, 9.17) is 9.57 Å². The second-order valence-corrected chi connectivity index (χ2v) is 7.31. The number of nitro benzene ring substituents is 1. The van der Waals surface area contributed by atoms with E-state index in [9.17, 15) is 10.1 Å². The zero-order chi connectivity index (χ0) is 20.6. The number of benzene rings is 3. The molecule has 0 aliphatic heterocycles. The zero-order valence-corrected chi connectivity index (χ0v) is 17.3. The van der Waals surface area contributed by atoms with Crippen LogP contribution in [0.5, 0.6) is 5.75 Å².